The van der Waals surface area contributed by atoms with E-state index in [1.54, 1.807) is 12.1 Å². The lowest BCUT2D eigenvalue weighted by molar-refractivity contribution is -0.0120. The number of benzene rings is 1. The Labute approximate surface area is 200 Å². The van der Waals surface area contributed by atoms with Crippen LogP contribution in [0, 0.1) is 11.8 Å². The summed E-state index contributed by atoms with van der Waals surface area (Å²) in [5.41, 5.74) is 0.628. The molecule has 1 amide bonds. The molecule has 4 saturated heterocycles. The molecule has 0 saturated carbocycles. The first-order valence-electron chi connectivity index (χ1n) is 12.5. The number of hydrogen-bond donors (Lipinski definition) is 1. The van der Waals surface area contributed by atoms with E-state index in [0.29, 0.717) is 29.6 Å². The molecule has 1 aromatic heterocycles. The summed E-state index contributed by atoms with van der Waals surface area (Å²) < 4.78 is 10.7. The van der Waals surface area contributed by atoms with Gasteiger partial charge in [-0.3, -0.25) is 14.6 Å². The second-order valence-corrected chi connectivity index (χ2v) is 9.95. The van der Waals surface area contributed by atoms with Gasteiger partial charge in [-0.05, 0) is 61.6 Å². The van der Waals surface area contributed by atoms with Gasteiger partial charge in [0.05, 0.1) is 0 Å². The van der Waals surface area contributed by atoms with Gasteiger partial charge in [-0.15, -0.1) is 0 Å². The van der Waals surface area contributed by atoms with Gasteiger partial charge in [0.25, 0.3) is 5.91 Å². The van der Waals surface area contributed by atoms with Crippen LogP contribution in [0.5, 0.6) is 11.5 Å². The third kappa shape index (κ3) is 4.44. The van der Waals surface area contributed by atoms with Gasteiger partial charge in [0.2, 0.25) is 6.79 Å². The largest absolute Gasteiger partial charge is 0.454 e. The van der Waals surface area contributed by atoms with Crippen molar-refractivity contribution in [2.45, 2.75) is 18.9 Å². The Kier molecular flexibility index (Phi) is 6.01. The topological polar surface area (TPSA) is 70.2 Å². The average Bonchev–Trinajstić information content (AvgIpc) is 3.37. The summed E-state index contributed by atoms with van der Waals surface area (Å²) >= 11 is 0. The lowest BCUT2D eigenvalue weighted by Crippen LogP contribution is -2.59. The summed E-state index contributed by atoms with van der Waals surface area (Å²) in [6, 6.07) is 12.0. The van der Waals surface area contributed by atoms with Crippen molar-refractivity contribution in [3.8, 4) is 11.5 Å². The van der Waals surface area contributed by atoms with Crippen LogP contribution in [0.25, 0.3) is 0 Å². The number of nitrogens with one attached hydrogen (secondary N) is 1. The maximum atomic E-state index is 12.7. The quantitative estimate of drug-likeness (QED) is 0.703. The second-order valence-electron chi connectivity index (χ2n) is 9.95. The minimum Gasteiger partial charge on any atom is -0.454 e. The molecule has 0 spiro atoms. The number of piperazine rings is 1. The van der Waals surface area contributed by atoms with Crippen LogP contribution in [0.1, 0.15) is 23.2 Å². The number of amides is 1. The number of hydrogen-bond acceptors (Lipinski definition) is 7. The Morgan fingerprint density at radius 2 is 1.94 bits per heavy atom. The van der Waals surface area contributed by atoms with E-state index in [2.05, 4.69) is 37.1 Å². The molecule has 0 radical (unpaired) electrons. The molecule has 4 fully saturated rings. The van der Waals surface area contributed by atoms with Crippen molar-refractivity contribution in [1.29, 1.82) is 0 Å². The summed E-state index contributed by atoms with van der Waals surface area (Å²) in [7, 11) is 0. The molecule has 2 bridgehead atoms. The number of fused-ring (bicyclic) bond motifs is 4. The Hall–Kier alpha value is -2.84. The second kappa shape index (κ2) is 9.43. The van der Waals surface area contributed by atoms with E-state index in [-0.39, 0.29) is 12.7 Å². The highest BCUT2D eigenvalue weighted by Crippen LogP contribution is 2.37. The average molecular weight is 464 g/mol. The molecule has 8 nitrogen and oxygen atoms in total. The third-order valence-electron chi connectivity index (χ3n) is 7.99. The highest BCUT2D eigenvalue weighted by atomic mass is 16.7. The molecule has 5 aliphatic heterocycles. The van der Waals surface area contributed by atoms with Crippen LogP contribution in [-0.2, 0) is 0 Å². The van der Waals surface area contributed by atoms with Crippen molar-refractivity contribution in [2.75, 3.05) is 64.1 Å². The number of carbonyl (C=O) groups excluding carboxylic acids is 1. The predicted molar refractivity (Wildman–Crippen MR) is 129 cm³/mol. The molecule has 180 valence electrons. The van der Waals surface area contributed by atoms with Crippen LogP contribution < -0.4 is 19.7 Å². The highest BCUT2D eigenvalue weighted by molar-refractivity contribution is 5.94. The van der Waals surface area contributed by atoms with Crippen molar-refractivity contribution >= 4 is 11.7 Å². The van der Waals surface area contributed by atoms with Gasteiger partial charge >= 0.3 is 0 Å². The van der Waals surface area contributed by atoms with Gasteiger partial charge < -0.3 is 19.7 Å². The number of rotatable bonds is 6. The molecule has 34 heavy (non-hydrogen) atoms. The summed E-state index contributed by atoms with van der Waals surface area (Å²) in [6.07, 6.45) is 4.34. The highest BCUT2D eigenvalue weighted by Gasteiger charge is 2.40. The third-order valence-corrected chi connectivity index (χ3v) is 7.99. The fraction of sp³-hybridized carbons (Fsp3) is 0.538. The van der Waals surface area contributed by atoms with Crippen LogP contribution in [-0.4, -0.2) is 85.9 Å². The number of aromatic nitrogens is 1. The van der Waals surface area contributed by atoms with Crippen LogP contribution >= 0.6 is 0 Å². The lowest BCUT2D eigenvalue weighted by Gasteiger charge is -2.51. The first-order valence-corrected chi connectivity index (χ1v) is 12.5. The molecular formula is C26H33N5O3. The number of pyridine rings is 1. The van der Waals surface area contributed by atoms with E-state index in [4.69, 9.17) is 9.47 Å². The summed E-state index contributed by atoms with van der Waals surface area (Å²) in [6.45, 7) is 8.73. The van der Waals surface area contributed by atoms with Gasteiger partial charge in [0, 0.05) is 63.6 Å². The molecular weight excluding hydrogens is 430 g/mol. The summed E-state index contributed by atoms with van der Waals surface area (Å²) in [4.78, 5) is 24.9. The Balaban J connectivity index is 0.979. The number of ether oxygens (including phenoxy) is 2. The zero-order chi connectivity index (χ0) is 22.9. The molecule has 0 aliphatic carbocycles. The van der Waals surface area contributed by atoms with Crippen LogP contribution in [0.4, 0.5) is 5.82 Å². The first kappa shape index (κ1) is 21.7. The maximum absolute atomic E-state index is 12.7. The van der Waals surface area contributed by atoms with Gasteiger partial charge in [0.1, 0.15) is 5.82 Å². The monoisotopic (exact) mass is 463 g/mol. The number of anilines is 1. The standard InChI is InChI=1S/C26H33N5O3/c32-26(20-4-5-23-24(14-20)34-18-33-23)28-15-22-13-19-6-8-31(22)17-21(19)16-29-9-11-30(12-10-29)25-3-1-2-7-27-25/h1-5,7,14,19,21-22H,6,8-13,15-18H2,(H,28,32)/t19-,21+,22+/m0/s1. The molecule has 4 atom stereocenters. The lowest BCUT2D eigenvalue weighted by atomic mass is 9.75. The molecule has 5 aliphatic rings. The van der Waals surface area contributed by atoms with Gasteiger partial charge in [-0.1, -0.05) is 6.07 Å². The zero-order valence-electron chi connectivity index (χ0n) is 19.6. The zero-order valence-corrected chi connectivity index (χ0v) is 19.6. The van der Waals surface area contributed by atoms with Crippen molar-refractivity contribution < 1.29 is 14.3 Å². The first-order chi connectivity index (χ1) is 16.7. The molecule has 7 rings (SSSR count). The van der Waals surface area contributed by atoms with E-state index in [0.717, 1.165) is 56.9 Å². The fourth-order valence-corrected chi connectivity index (χ4v) is 6.05. The smallest absolute Gasteiger partial charge is 0.251 e. The van der Waals surface area contributed by atoms with Crippen molar-refractivity contribution in [3.63, 3.8) is 0 Å². The Bertz CT molecular complexity index is 1010. The molecule has 6 heterocycles. The van der Waals surface area contributed by atoms with E-state index in [1.165, 1.54) is 19.4 Å². The number of piperidine rings is 3. The number of nitrogens with zero attached hydrogens (tertiary/aromatic N) is 4. The minimum absolute atomic E-state index is 0.0386. The van der Waals surface area contributed by atoms with E-state index < -0.39 is 0 Å². The van der Waals surface area contributed by atoms with Crippen LogP contribution in [0.3, 0.4) is 0 Å². The molecule has 8 heteroatoms. The van der Waals surface area contributed by atoms with Gasteiger partial charge in [-0.25, -0.2) is 4.98 Å². The fourth-order valence-electron chi connectivity index (χ4n) is 6.05. The van der Waals surface area contributed by atoms with Crippen LogP contribution in [0.2, 0.25) is 0 Å². The van der Waals surface area contributed by atoms with Gasteiger partial charge in [0.15, 0.2) is 11.5 Å². The van der Waals surface area contributed by atoms with Gasteiger partial charge in [-0.2, -0.15) is 0 Å². The van der Waals surface area contributed by atoms with Crippen molar-refractivity contribution in [3.05, 3.63) is 48.2 Å². The van der Waals surface area contributed by atoms with Crippen LogP contribution in [0.15, 0.2) is 42.6 Å². The normalized spacial score (nSPS) is 28.2. The van der Waals surface area contributed by atoms with Crippen molar-refractivity contribution in [2.24, 2.45) is 11.8 Å². The molecule has 1 unspecified atom stereocenters. The SMILES string of the molecule is O=C(NC[C@H]1C[C@@H]2CCN1C[C@H]2CN1CCN(c2ccccn2)CC1)c1ccc2c(c1)OCO2. The predicted octanol–water partition coefficient (Wildman–Crippen LogP) is 2.07. The van der Waals surface area contributed by atoms with E-state index >= 15 is 0 Å². The maximum Gasteiger partial charge on any atom is 0.251 e. The Morgan fingerprint density at radius 1 is 1.06 bits per heavy atom. The summed E-state index contributed by atoms with van der Waals surface area (Å²) in [5, 5.41) is 3.16. The van der Waals surface area contributed by atoms with Crippen molar-refractivity contribution in [1.82, 2.24) is 20.1 Å². The number of carbonyl (C=O) groups is 1. The molecule has 1 N–H and O–H groups in total. The summed E-state index contributed by atoms with van der Waals surface area (Å²) in [5.74, 6) is 3.90. The molecule has 2 aromatic rings. The minimum atomic E-state index is -0.0386. The van der Waals surface area contributed by atoms with E-state index in [9.17, 15) is 4.79 Å². The van der Waals surface area contributed by atoms with E-state index in [1.807, 2.05) is 18.3 Å². The molecule has 1 aromatic carbocycles. The Morgan fingerprint density at radius 3 is 2.74 bits per heavy atom.